The van der Waals surface area contributed by atoms with Crippen molar-refractivity contribution in [3.8, 4) is 0 Å². The van der Waals surface area contributed by atoms with Crippen LogP contribution in [0.1, 0.15) is 31.7 Å². The first-order valence-electron chi connectivity index (χ1n) is 6.31. The van der Waals surface area contributed by atoms with E-state index >= 15 is 0 Å². The minimum absolute atomic E-state index is 0.0132. The molecule has 0 fully saturated rings. The molecule has 1 amide bonds. The van der Waals surface area contributed by atoms with E-state index in [0.717, 1.165) is 18.4 Å². The molecule has 1 N–H and O–H groups in total. The average molecular weight is 265 g/mol. The van der Waals surface area contributed by atoms with Gasteiger partial charge in [0.05, 0.1) is 6.42 Å². The van der Waals surface area contributed by atoms with Crippen LogP contribution in [0, 0.1) is 5.82 Å². The van der Waals surface area contributed by atoms with Gasteiger partial charge in [-0.25, -0.2) is 4.39 Å². The zero-order valence-corrected chi connectivity index (χ0v) is 10.7. The minimum atomic E-state index is -0.989. The van der Waals surface area contributed by atoms with E-state index in [2.05, 4.69) is 0 Å². The summed E-state index contributed by atoms with van der Waals surface area (Å²) in [7, 11) is 0. The normalized spacial score (nSPS) is 18.0. The van der Waals surface area contributed by atoms with Gasteiger partial charge in [-0.2, -0.15) is 0 Å². The van der Waals surface area contributed by atoms with Crippen molar-refractivity contribution in [1.82, 2.24) is 0 Å². The van der Waals surface area contributed by atoms with Crippen LogP contribution in [0.15, 0.2) is 18.2 Å². The number of aryl methyl sites for hydroxylation is 1. The molecule has 1 heterocycles. The van der Waals surface area contributed by atoms with Gasteiger partial charge >= 0.3 is 5.97 Å². The maximum atomic E-state index is 13.2. The fraction of sp³-hybridized carbons (Fsp3) is 0.429. The molecule has 0 spiro atoms. The van der Waals surface area contributed by atoms with Crippen LogP contribution >= 0.6 is 0 Å². The summed E-state index contributed by atoms with van der Waals surface area (Å²) >= 11 is 0. The Morgan fingerprint density at radius 3 is 2.84 bits per heavy atom. The summed E-state index contributed by atoms with van der Waals surface area (Å²) in [6, 6.07) is 4.38. The maximum absolute atomic E-state index is 13.2. The Balaban J connectivity index is 2.25. The third-order valence-electron chi connectivity index (χ3n) is 3.39. The second-order valence-corrected chi connectivity index (χ2v) is 4.82. The van der Waals surface area contributed by atoms with Crippen LogP contribution in [-0.2, 0) is 16.0 Å². The number of carbonyl (C=O) groups is 2. The van der Waals surface area contributed by atoms with E-state index in [1.807, 2.05) is 6.92 Å². The maximum Gasteiger partial charge on any atom is 0.303 e. The average Bonchev–Trinajstić information content (AvgIpc) is 2.36. The van der Waals surface area contributed by atoms with Gasteiger partial charge in [-0.1, -0.05) is 0 Å². The summed E-state index contributed by atoms with van der Waals surface area (Å²) in [6.07, 6.45) is 1.28. The predicted molar refractivity (Wildman–Crippen MR) is 68.5 cm³/mol. The summed E-state index contributed by atoms with van der Waals surface area (Å²) in [5.74, 6) is -1.52. The Morgan fingerprint density at radius 1 is 1.42 bits per heavy atom. The monoisotopic (exact) mass is 265 g/mol. The van der Waals surface area contributed by atoms with Crippen LogP contribution in [0.4, 0.5) is 10.1 Å². The summed E-state index contributed by atoms with van der Waals surface area (Å²) in [5.41, 5.74) is 1.51. The minimum Gasteiger partial charge on any atom is -0.481 e. The zero-order chi connectivity index (χ0) is 14.0. The number of anilines is 1. The molecule has 102 valence electrons. The standard InChI is InChI=1S/C14H16FNO3/c1-9-2-3-10-8-11(15)4-5-12(10)16(9)13(17)6-7-14(18)19/h4-5,8-9H,2-3,6-7H2,1H3,(H,18,19)/t9-/m0/s1. The van der Waals surface area contributed by atoms with Gasteiger partial charge in [0.1, 0.15) is 5.82 Å². The fourth-order valence-electron chi connectivity index (χ4n) is 2.43. The number of hydrogen-bond donors (Lipinski definition) is 1. The van der Waals surface area contributed by atoms with Crippen LogP contribution in [0.25, 0.3) is 0 Å². The molecule has 0 unspecified atom stereocenters. The Morgan fingerprint density at radius 2 is 2.16 bits per heavy atom. The van der Waals surface area contributed by atoms with Crippen LogP contribution in [0.3, 0.4) is 0 Å². The van der Waals surface area contributed by atoms with Crippen molar-refractivity contribution in [3.63, 3.8) is 0 Å². The Labute approximate surface area is 110 Å². The Bertz CT molecular complexity index is 515. The Kier molecular flexibility index (Phi) is 3.83. The van der Waals surface area contributed by atoms with Crippen LogP contribution < -0.4 is 4.90 Å². The number of nitrogens with zero attached hydrogens (tertiary/aromatic N) is 1. The zero-order valence-electron chi connectivity index (χ0n) is 10.7. The molecule has 19 heavy (non-hydrogen) atoms. The number of hydrogen-bond acceptors (Lipinski definition) is 2. The first-order chi connectivity index (χ1) is 8.99. The molecular weight excluding hydrogens is 249 g/mol. The number of carboxylic acid groups (broad SMARTS) is 1. The van der Waals surface area contributed by atoms with Gasteiger partial charge in [0.25, 0.3) is 0 Å². The van der Waals surface area contributed by atoms with E-state index < -0.39 is 5.97 Å². The van der Waals surface area contributed by atoms with Gasteiger partial charge in [-0.3, -0.25) is 9.59 Å². The van der Waals surface area contributed by atoms with Crippen molar-refractivity contribution in [1.29, 1.82) is 0 Å². The number of fused-ring (bicyclic) bond motifs is 1. The van der Waals surface area contributed by atoms with E-state index in [1.165, 1.54) is 12.1 Å². The highest BCUT2D eigenvalue weighted by Gasteiger charge is 2.28. The quantitative estimate of drug-likeness (QED) is 0.912. The highest BCUT2D eigenvalue weighted by molar-refractivity contribution is 5.96. The summed E-state index contributed by atoms with van der Waals surface area (Å²) in [5, 5.41) is 8.64. The molecule has 1 aromatic carbocycles. The van der Waals surface area contributed by atoms with Gasteiger partial charge in [0.2, 0.25) is 5.91 Å². The summed E-state index contributed by atoms with van der Waals surface area (Å²) in [6.45, 7) is 1.92. The molecule has 0 radical (unpaired) electrons. The molecule has 0 saturated carbocycles. The molecule has 1 aromatic rings. The molecule has 0 aromatic heterocycles. The number of carboxylic acids is 1. The van der Waals surface area contributed by atoms with Crippen LogP contribution in [0.2, 0.25) is 0 Å². The van der Waals surface area contributed by atoms with Crippen molar-refractivity contribution in [2.24, 2.45) is 0 Å². The molecule has 1 atom stereocenters. The van der Waals surface area contributed by atoms with Gasteiger partial charge in [0, 0.05) is 18.2 Å². The number of carbonyl (C=O) groups excluding carboxylic acids is 1. The van der Waals surface area contributed by atoms with Crippen LogP contribution in [-0.4, -0.2) is 23.0 Å². The fourth-order valence-corrected chi connectivity index (χ4v) is 2.43. The molecule has 2 rings (SSSR count). The van der Waals surface area contributed by atoms with Crippen molar-refractivity contribution >= 4 is 17.6 Å². The summed E-state index contributed by atoms with van der Waals surface area (Å²) < 4.78 is 13.2. The molecule has 0 saturated heterocycles. The molecule has 0 bridgehead atoms. The van der Waals surface area contributed by atoms with E-state index in [9.17, 15) is 14.0 Å². The van der Waals surface area contributed by atoms with Crippen molar-refractivity contribution in [2.45, 2.75) is 38.6 Å². The number of amides is 1. The highest BCUT2D eigenvalue weighted by Crippen LogP contribution is 2.31. The lowest BCUT2D eigenvalue weighted by Gasteiger charge is -2.35. The molecule has 1 aliphatic heterocycles. The number of halogens is 1. The van der Waals surface area contributed by atoms with E-state index in [-0.39, 0.29) is 30.6 Å². The van der Waals surface area contributed by atoms with Crippen molar-refractivity contribution in [3.05, 3.63) is 29.6 Å². The SMILES string of the molecule is C[C@H]1CCc2cc(F)ccc2N1C(=O)CCC(=O)O. The van der Waals surface area contributed by atoms with Gasteiger partial charge in [-0.15, -0.1) is 0 Å². The second kappa shape index (κ2) is 5.38. The van der Waals surface area contributed by atoms with Crippen LogP contribution in [0.5, 0.6) is 0 Å². The largest absolute Gasteiger partial charge is 0.481 e. The molecule has 4 nitrogen and oxygen atoms in total. The first-order valence-corrected chi connectivity index (χ1v) is 6.31. The number of rotatable bonds is 3. The van der Waals surface area contributed by atoms with E-state index in [4.69, 9.17) is 5.11 Å². The highest BCUT2D eigenvalue weighted by atomic mass is 19.1. The van der Waals surface area contributed by atoms with Gasteiger partial charge in [0.15, 0.2) is 0 Å². The molecule has 5 heteroatoms. The second-order valence-electron chi connectivity index (χ2n) is 4.82. The third-order valence-corrected chi connectivity index (χ3v) is 3.39. The Hall–Kier alpha value is -1.91. The van der Waals surface area contributed by atoms with Crippen molar-refractivity contribution in [2.75, 3.05) is 4.90 Å². The van der Waals surface area contributed by atoms with E-state index in [1.54, 1.807) is 11.0 Å². The lowest BCUT2D eigenvalue weighted by molar-refractivity contribution is -0.138. The van der Waals surface area contributed by atoms with Gasteiger partial charge in [-0.05, 0) is 43.5 Å². The lowest BCUT2D eigenvalue weighted by atomic mass is 9.96. The summed E-state index contributed by atoms with van der Waals surface area (Å²) in [4.78, 5) is 24.3. The smallest absolute Gasteiger partial charge is 0.303 e. The molecular formula is C14H16FNO3. The number of benzene rings is 1. The third kappa shape index (κ3) is 2.92. The first kappa shape index (κ1) is 13.5. The molecule has 1 aliphatic rings. The van der Waals surface area contributed by atoms with E-state index in [0.29, 0.717) is 5.69 Å². The number of aliphatic carboxylic acids is 1. The predicted octanol–water partition coefficient (Wildman–Crippen LogP) is 2.36. The topological polar surface area (TPSA) is 57.6 Å². The molecule has 0 aliphatic carbocycles. The van der Waals surface area contributed by atoms with Gasteiger partial charge < -0.3 is 10.0 Å². The lowest BCUT2D eigenvalue weighted by Crippen LogP contribution is -2.42. The van der Waals surface area contributed by atoms with Crippen molar-refractivity contribution < 1.29 is 19.1 Å².